The van der Waals surface area contributed by atoms with Gasteiger partial charge in [-0.2, -0.15) is 0 Å². The highest BCUT2D eigenvalue weighted by Gasteiger charge is 1.94. The molecule has 0 bridgehead atoms. The van der Waals surface area contributed by atoms with E-state index in [1.54, 1.807) is 0 Å². The standard InChI is InChI=1S/C16H25ClO2/c1-13(2)7-5-8-14(3)9-6-10-15(4)11-12-19-16(17)18/h7,9,11H,5-6,8,10,12H2,1-4H3. The van der Waals surface area contributed by atoms with Gasteiger partial charge in [0.05, 0.1) is 0 Å². The topological polar surface area (TPSA) is 26.3 Å². The van der Waals surface area contributed by atoms with Gasteiger partial charge in [0.2, 0.25) is 0 Å². The molecule has 0 rings (SSSR count). The second-order valence-corrected chi connectivity index (χ2v) is 5.32. The van der Waals surface area contributed by atoms with Gasteiger partial charge in [0, 0.05) is 11.6 Å². The van der Waals surface area contributed by atoms with E-state index in [-0.39, 0.29) is 6.61 Å². The predicted octanol–water partition coefficient (Wildman–Crippen LogP) is 5.78. The fourth-order valence-electron chi connectivity index (χ4n) is 1.59. The maximum absolute atomic E-state index is 10.4. The van der Waals surface area contributed by atoms with E-state index in [4.69, 9.17) is 11.6 Å². The summed E-state index contributed by atoms with van der Waals surface area (Å²) in [5.41, 5.74) is 3.27. The summed E-state index contributed by atoms with van der Waals surface area (Å²) in [6, 6.07) is 0. The van der Waals surface area contributed by atoms with Gasteiger partial charge in [0.1, 0.15) is 6.61 Å². The highest BCUT2D eigenvalue weighted by Crippen LogP contribution is 2.11. The lowest BCUT2D eigenvalue weighted by Gasteiger charge is -2.01. The summed E-state index contributed by atoms with van der Waals surface area (Å²) >= 11 is 5.07. The van der Waals surface area contributed by atoms with Gasteiger partial charge in [-0.1, -0.05) is 28.9 Å². The maximum atomic E-state index is 10.4. The smallest absolute Gasteiger partial charge is 0.404 e. The molecule has 0 spiro atoms. The van der Waals surface area contributed by atoms with E-state index < -0.39 is 5.43 Å². The zero-order chi connectivity index (χ0) is 14.7. The normalized spacial score (nSPS) is 12.3. The third kappa shape index (κ3) is 13.2. The molecule has 0 aromatic carbocycles. The summed E-state index contributed by atoms with van der Waals surface area (Å²) in [6.45, 7) is 8.72. The summed E-state index contributed by atoms with van der Waals surface area (Å²) in [4.78, 5) is 10.4. The van der Waals surface area contributed by atoms with Crippen molar-refractivity contribution in [2.45, 2.75) is 53.4 Å². The number of carbonyl (C=O) groups excluding carboxylic acids is 1. The van der Waals surface area contributed by atoms with Crippen LogP contribution in [0.15, 0.2) is 34.9 Å². The largest absolute Gasteiger partial charge is 0.449 e. The van der Waals surface area contributed by atoms with Crippen LogP contribution >= 0.6 is 11.6 Å². The number of hydrogen-bond acceptors (Lipinski definition) is 2. The van der Waals surface area contributed by atoms with E-state index in [0.29, 0.717) is 0 Å². The first-order valence-electron chi connectivity index (χ1n) is 6.68. The van der Waals surface area contributed by atoms with Crippen molar-refractivity contribution in [3.63, 3.8) is 0 Å². The van der Waals surface area contributed by atoms with E-state index >= 15 is 0 Å². The van der Waals surface area contributed by atoms with Gasteiger partial charge in [0.25, 0.3) is 0 Å². The molecule has 0 aromatic heterocycles. The van der Waals surface area contributed by atoms with Crippen molar-refractivity contribution in [3.05, 3.63) is 34.9 Å². The third-order valence-corrected chi connectivity index (χ3v) is 2.86. The SMILES string of the molecule is CC(C)=CCCC(C)=CCCC(C)=CCOC(=O)Cl. The first kappa shape index (κ1) is 18.0. The molecule has 0 aromatic rings. The van der Waals surface area contributed by atoms with Crippen LogP contribution in [0.4, 0.5) is 4.79 Å². The van der Waals surface area contributed by atoms with Crippen LogP contribution < -0.4 is 0 Å². The molecule has 108 valence electrons. The zero-order valence-electron chi connectivity index (χ0n) is 12.5. The molecule has 0 N–H and O–H groups in total. The van der Waals surface area contributed by atoms with Gasteiger partial charge in [-0.15, -0.1) is 0 Å². The number of allylic oxidation sites excluding steroid dienone is 5. The Balaban J connectivity index is 3.86. The van der Waals surface area contributed by atoms with Gasteiger partial charge < -0.3 is 4.74 Å². The Kier molecular flexibility index (Phi) is 10.3. The summed E-state index contributed by atoms with van der Waals surface area (Å²) in [6.07, 6.45) is 10.7. The molecule has 0 aliphatic rings. The van der Waals surface area contributed by atoms with E-state index in [2.05, 4.69) is 37.7 Å². The molecular formula is C16H25ClO2. The van der Waals surface area contributed by atoms with Gasteiger partial charge in [-0.3, -0.25) is 0 Å². The minimum atomic E-state index is -0.751. The van der Waals surface area contributed by atoms with E-state index in [1.807, 2.05) is 13.0 Å². The Morgan fingerprint density at radius 2 is 1.47 bits per heavy atom. The van der Waals surface area contributed by atoms with Gasteiger partial charge >= 0.3 is 5.43 Å². The van der Waals surface area contributed by atoms with Crippen molar-refractivity contribution < 1.29 is 9.53 Å². The number of hydrogen-bond donors (Lipinski definition) is 0. The minimum absolute atomic E-state index is 0.261. The van der Waals surface area contributed by atoms with E-state index in [1.165, 1.54) is 16.7 Å². The molecule has 0 atom stereocenters. The average molecular weight is 285 g/mol. The van der Waals surface area contributed by atoms with Gasteiger partial charge in [-0.25, -0.2) is 4.79 Å². The molecule has 0 fully saturated rings. The molecule has 3 heteroatoms. The van der Waals surface area contributed by atoms with Crippen LogP contribution in [0, 0.1) is 0 Å². The fraction of sp³-hybridized carbons (Fsp3) is 0.562. The molecule has 0 amide bonds. The van der Waals surface area contributed by atoms with E-state index in [0.717, 1.165) is 25.7 Å². The zero-order valence-corrected chi connectivity index (χ0v) is 13.2. The molecule has 0 radical (unpaired) electrons. The highest BCUT2D eigenvalue weighted by atomic mass is 35.5. The lowest BCUT2D eigenvalue weighted by atomic mass is 10.1. The molecule has 0 unspecified atom stereocenters. The molecule has 0 saturated carbocycles. The molecule has 0 heterocycles. The summed E-state index contributed by atoms with van der Waals surface area (Å²) in [7, 11) is 0. The van der Waals surface area contributed by atoms with Crippen molar-refractivity contribution in [1.29, 1.82) is 0 Å². The number of rotatable bonds is 8. The number of halogens is 1. The Hall–Kier alpha value is -1.02. The van der Waals surface area contributed by atoms with Crippen LogP contribution in [0.5, 0.6) is 0 Å². The second-order valence-electron chi connectivity index (χ2n) is 5.01. The average Bonchev–Trinajstić information content (AvgIpc) is 2.27. The predicted molar refractivity (Wildman–Crippen MR) is 82.6 cm³/mol. The van der Waals surface area contributed by atoms with Crippen LogP contribution in [-0.2, 0) is 4.74 Å². The first-order valence-corrected chi connectivity index (χ1v) is 7.06. The fourth-order valence-corrected chi connectivity index (χ4v) is 1.65. The second kappa shape index (κ2) is 10.9. The lowest BCUT2D eigenvalue weighted by Crippen LogP contribution is -1.93. The molecule has 0 aliphatic heterocycles. The van der Waals surface area contributed by atoms with Crippen molar-refractivity contribution in [2.75, 3.05) is 6.61 Å². The molecule has 0 saturated heterocycles. The summed E-state index contributed by atoms with van der Waals surface area (Å²) < 4.78 is 4.64. The quantitative estimate of drug-likeness (QED) is 0.417. The van der Waals surface area contributed by atoms with Crippen molar-refractivity contribution in [3.8, 4) is 0 Å². The monoisotopic (exact) mass is 284 g/mol. The first-order chi connectivity index (χ1) is 8.91. The summed E-state index contributed by atoms with van der Waals surface area (Å²) in [5, 5.41) is 0. The van der Waals surface area contributed by atoms with Crippen molar-refractivity contribution in [2.24, 2.45) is 0 Å². The van der Waals surface area contributed by atoms with Crippen molar-refractivity contribution in [1.82, 2.24) is 0 Å². The number of ether oxygens (including phenoxy) is 1. The lowest BCUT2D eigenvalue weighted by molar-refractivity contribution is 0.186. The Morgan fingerprint density at radius 1 is 0.947 bits per heavy atom. The third-order valence-electron chi connectivity index (χ3n) is 2.75. The van der Waals surface area contributed by atoms with Crippen LogP contribution in [-0.4, -0.2) is 12.0 Å². The summed E-state index contributed by atoms with van der Waals surface area (Å²) in [5.74, 6) is 0. The Morgan fingerprint density at radius 3 is 2.00 bits per heavy atom. The van der Waals surface area contributed by atoms with Crippen LogP contribution in [0.3, 0.4) is 0 Å². The minimum Gasteiger partial charge on any atom is -0.449 e. The molecule has 2 nitrogen and oxygen atoms in total. The van der Waals surface area contributed by atoms with Crippen LogP contribution in [0.25, 0.3) is 0 Å². The van der Waals surface area contributed by atoms with Crippen LogP contribution in [0.1, 0.15) is 53.4 Å². The van der Waals surface area contributed by atoms with Gasteiger partial charge in [-0.05, 0) is 59.5 Å². The Bertz CT molecular complexity index is 361. The highest BCUT2D eigenvalue weighted by molar-refractivity contribution is 6.61. The number of carbonyl (C=O) groups is 1. The van der Waals surface area contributed by atoms with E-state index in [9.17, 15) is 4.79 Å². The van der Waals surface area contributed by atoms with Crippen molar-refractivity contribution >= 4 is 17.0 Å². The molecule has 19 heavy (non-hydrogen) atoms. The molecule has 0 aliphatic carbocycles. The van der Waals surface area contributed by atoms with Crippen LogP contribution in [0.2, 0.25) is 0 Å². The molecular weight excluding hydrogens is 260 g/mol. The van der Waals surface area contributed by atoms with Gasteiger partial charge in [0.15, 0.2) is 0 Å². The Labute approximate surface area is 122 Å². The maximum Gasteiger partial charge on any atom is 0.404 e.